The van der Waals surface area contributed by atoms with Crippen LogP contribution in [0.5, 0.6) is 6.01 Å². The van der Waals surface area contributed by atoms with Crippen molar-refractivity contribution < 1.29 is 4.74 Å². The predicted molar refractivity (Wildman–Crippen MR) is 86.1 cm³/mol. The van der Waals surface area contributed by atoms with E-state index in [0.29, 0.717) is 12.6 Å². The molecule has 0 aliphatic rings. The van der Waals surface area contributed by atoms with Crippen LogP contribution >= 0.6 is 0 Å². The van der Waals surface area contributed by atoms with Gasteiger partial charge in [0.25, 0.3) is 6.01 Å². The van der Waals surface area contributed by atoms with E-state index in [2.05, 4.69) is 32.4 Å². The Labute approximate surface area is 129 Å². The van der Waals surface area contributed by atoms with Gasteiger partial charge in [-0.1, -0.05) is 30.3 Å². The lowest BCUT2D eigenvalue weighted by Crippen LogP contribution is -2.07. The van der Waals surface area contributed by atoms with E-state index < -0.39 is 0 Å². The van der Waals surface area contributed by atoms with Crippen LogP contribution in [-0.2, 0) is 13.5 Å². The fourth-order valence-electron chi connectivity index (χ4n) is 2.34. The van der Waals surface area contributed by atoms with Gasteiger partial charge in [-0.25, -0.2) is 9.97 Å². The number of rotatable bonds is 6. The molecule has 1 aromatic carbocycles. The molecule has 6 heteroatoms. The van der Waals surface area contributed by atoms with Crippen LogP contribution in [0.15, 0.2) is 36.7 Å². The summed E-state index contributed by atoms with van der Waals surface area (Å²) < 4.78 is 7.34. The van der Waals surface area contributed by atoms with Crippen LogP contribution in [0, 0.1) is 0 Å². The van der Waals surface area contributed by atoms with Gasteiger partial charge in [-0.3, -0.25) is 4.57 Å². The van der Waals surface area contributed by atoms with E-state index >= 15 is 0 Å². The van der Waals surface area contributed by atoms with Gasteiger partial charge >= 0.3 is 0 Å². The molecule has 3 aromatic rings. The lowest BCUT2D eigenvalue weighted by atomic mass is 10.1. The molecule has 3 rings (SSSR count). The number of benzene rings is 1. The summed E-state index contributed by atoms with van der Waals surface area (Å²) in [7, 11) is 1.89. The first-order valence-corrected chi connectivity index (χ1v) is 7.37. The quantitative estimate of drug-likeness (QED) is 0.757. The Balaban J connectivity index is 1.77. The van der Waals surface area contributed by atoms with Crippen molar-refractivity contribution in [2.75, 3.05) is 18.5 Å². The van der Waals surface area contributed by atoms with Gasteiger partial charge in [-0.05, 0) is 18.9 Å². The third-order valence-electron chi connectivity index (χ3n) is 3.44. The Bertz CT molecular complexity index is 754. The Morgan fingerprint density at radius 3 is 2.77 bits per heavy atom. The highest BCUT2D eigenvalue weighted by molar-refractivity contribution is 5.83. The van der Waals surface area contributed by atoms with Gasteiger partial charge in [-0.2, -0.15) is 4.98 Å². The second-order valence-corrected chi connectivity index (χ2v) is 4.94. The molecule has 22 heavy (non-hydrogen) atoms. The molecule has 114 valence electrons. The van der Waals surface area contributed by atoms with Gasteiger partial charge < -0.3 is 10.1 Å². The van der Waals surface area contributed by atoms with E-state index in [1.54, 1.807) is 6.33 Å². The third-order valence-corrected chi connectivity index (χ3v) is 3.44. The highest BCUT2D eigenvalue weighted by atomic mass is 16.5. The monoisotopic (exact) mass is 297 g/mol. The Morgan fingerprint density at radius 2 is 2.00 bits per heavy atom. The number of anilines is 1. The smallest absolute Gasteiger partial charge is 0.298 e. The highest BCUT2D eigenvalue weighted by Gasteiger charge is 2.13. The minimum Gasteiger partial charge on any atom is -0.465 e. The summed E-state index contributed by atoms with van der Waals surface area (Å²) >= 11 is 0. The van der Waals surface area contributed by atoms with Crippen LogP contribution in [0.2, 0.25) is 0 Å². The lowest BCUT2D eigenvalue weighted by molar-refractivity contribution is 0.304. The van der Waals surface area contributed by atoms with Gasteiger partial charge in [-0.15, -0.1) is 0 Å². The molecule has 0 aliphatic carbocycles. The van der Waals surface area contributed by atoms with Crippen LogP contribution in [0.25, 0.3) is 11.2 Å². The van der Waals surface area contributed by atoms with E-state index in [-0.39, 0.29) is 0 Å². The van der Waals surface area contributed by atoms with Gasteiger partial charge in [0.15, 0.2) is 17.0 Å². The number of hydrogen-bond acceptors (Lipinski definition) is 5. The molecule has 6 nitrogen and oxygen atoms in total. The molecule has 0 saturated carbocycles. The molecule has 0 fully saturated rings. The molecule has 0 aliphatic heterocycles. The molecular formula is C16H19N5O. The topological polar surface area (TPSA) is 64.9 Å². The standard InChI is InChI=1S/C16H19N5O/c1-3-22-16-20-13-14(18-11-19-15(13)21(16)2)17-10-9-12-7-5-4-6-8-12/h4-8,11H,3,9-10H2,1-2H3,(H,17,18,19). The van der Waals surface area contributed by atoms with Gasteiger partial charge in [0.2, 0.25) is 0 Å². The molecule has 0 spiro atoms. The van der Waals surface area contributed by atoms with Crippen molar-refractivity contribution in [3.8, 4) is 6.01 Å². The number of nitrogens with zero attached hydrogens (tertiary/aromatic N) is 4. The summed E-state index contributed by atoms with van der Waals surface area (Å²) in [5.74, 6) is 0.738. The number of hydrogen-bond donors (Lipinski definition) is 1. The molecule has 0 radical (unpaired) electrons. The second kappa shape index (κ2) is 6.43. The maximum absolute atomic E-state index is 5.51. The summed E-state index contributed by atoms with van der Waals surface area (Å²) in [5.41, 5.74) is 2.79. The highest BCUT2D eigenvalue weighted by Crippen LogP contribution is 2.22. The average molecular weight is 297 g/mol. The minimum atomic E-state index is 0.559. The van der Waals surface area contributed by atoms with Crippen molar-refractivity contribution in [3.05, 3.63) is 42.2 Å². The number of fused-ring (bicyclic) bond motifs is 1. The van der Waals surface area contributed by atoms with E-state index in [1.807, 2.05) is 36.7 Å². The number of ether oxygens (including phenoxy) is 1. The summed E-state index contributed by atoms with van der Waals surface area (Å²) in [5, 5.41) is 3.34. The van der Waals surface area contributed by atoms with Crippen LogP contribution in [0.1, 0.15) is 12.5 Å². The number of aryl methyl sites for hydroxylation is 1. The minimum absolute atomic E-state index is 0.559. The first-order chi connectivity index (χ1) is 10.8. The van der Waals surface area contributed by atoms with E-state index in [1.165, 1.54) is 5.56 Å². The first-order valence-electron chi connectivity index (χ1n) is 7.37. The maximum Gasteiger partial charge on any atom is 0.298 e. The Kier molecular flexibility index (Phi) is 4.18. The Hall–Kier alpha value is -2.63. The van der Waals surface area contributed by atoms with E-state index in [9.17, 15) is 0 Å². The Morgan fingerprint density at radius 1 is 1.18 bits per heavy atom. The van der Waals surface area contributed by atoms with Crippen molar-refractivity contribution in [2.45, 2.75) is 13.3 Å². The molecule has 0 saturated heterocycles. The SMILES string of the molecule is CCOc1nc2c(NCCc3ccccc3)ncnc2n1C. The second-order valence-electron chi connectivity index (χ2n) is 4.94. The fourth-order valence-corrected chi connectivity index (χ4v) is 2.34. The maximum atomic E-state index is 5.51. The largest absolute Gasteiger partial charge is 0.465 e. The van der Waals surface area contributed by atoms with Crippen LogP contribution in [-0.4, -0.2) is 32.7 Å². The summed E-state index contributed by atoms with van der Waals surface area (Å²) in [6.07, 6.45) is 2.47. The number of aromatic nitrogens is 4. The third kappa shape index (κ3) is 2.86. The van der Waals surface area contributed by atoms with Gasteiger partial charge in [0.05, 0.1) is 6.61 Å². The predicted octanol–water partition coefficient (Wildman–Crippen LogP) is 2.42. The zero-order valence-electron chi connectivity index (χ0n) is 12.8. The molecular weight excluding hydrogens is 278 g/mol. The summed E-state index contributed by atoms with van der Waals surface area (Å²) in [6.45, 7) is 3.29. The lowest BCUT2D eigenvalue weighted by Gasteiger charge is -2.05. The summed E-state index contributed by atoms with van der Waals surface area (Å²) in [6, 6.07) is 10.9. The fraction of sp³-hybridized carbons (Fsp3) is 0.312. The number of nitrogens with one attached hydrogen (secondary N) is 1. The molecule has 0 amide bonds. The molecule has 1 N–H and O–H groups in total. The molecule has 2 heterocycles. The van der Waals surface area contributed by atoms with Crippen molar-refractivity contribution >= 4 is 17.0 Å². The van der Waals surface area contributed by atoms with Crippen molar-refractivity contribution in [1.29, 1.82) is 0 Å². The van der Waals surface area contributed by atoms with Crippen molar-refractivity contribution in [3.63, 3.8) is 0 Å². The van der Waals surface area contributed by atoms with Crippen LogP contribution in [0.3, 0.4) is 0 Å². The average Bonchev–Trinajstić information content (AvgIpc) is 2.87. The number of imidazole rings is 1. The van der Waals surface area contributed by atoms with Gasteiger partial charge in [0, 0.05) is 13.6 Å². The van der Waals surface area contributed by atoms with Crippen molar-refractivity contribution in [2.24, 2.45) is 7.05 Å². The van der Waals surface area contributed by atoms with Crippen LogP contribution < -0.4 is 10.1 Å². The molecule has 0 atom stereocenters. The normalized spacial score (nSPS) is 10.8. The first kappa shape index (κ1) is 14.3. The van der Waals surface area contributed by atoms with Crippen LogP contribution in [0.4, 0.5) is 5.82 Å². The molecule has 0 bridgehead atoms. The molecule has 0 unspecified atom stereocenters. The summed E-state index contributed by atoms with van der Waals surface area (Å²) in [4.78, 5) is 13.1. The van der Waals surface area contributed by atoms with Crippen molar-refractivity contribution in [1.82, 2.24) is 19.5 Å². The van der Waals surface area contributed by atoms with E-state index in [4.69, 9.17) is 4.74 Å². The van der Waals surface area contributed by atoms with Gasteiger partial charge in [0.1, 0.15) is 6.33 Å². The zero-order chi connectivity index (χ0) is 15.4. The molecule has 2 aromatic heterocycles. The van der Waals surface area contributed by atoms with E-state index in [0.717, 1.165) is 29.9 Å². The zero-order valence-corrected chi connectivity index (χ0v) is 12.8.